The standard InChI is InChI=1S/C11H22BNO3/c1-10(2)11(3,4)16-12(15-10)8-7-9(14)13(5)6/h7-8H2,1-6H3. The van der Waals surface area contributed by atoms with Gasteiger partial charge < -0.3 is 14.2 Å². The minimum absolute atomic E-state index is 0.106. The van der Waals surface area contributed by atoms with Crippen LogP contribution in [-0.4, -0.2) is 43.2 Å². The minimum atomic E-state index is -0.307. The Morgan fingerprint density at radius 3 is 1.94 bits per heavy atom. The highest BCUT2D eigenvalue weighted by Crippen LogP contribution is 2.37. The van der Waals surface area contributed by atoms with Gasteiger partial charge in [-0.05, 0) is 34.0 Å². The molecule has 1 fully saturated rings. The van der Waals surface area contributed by atoms with Crippen molar-refractivity contribution in [2.75, 3.05) is 14.1 Å². The van der Waals surface area contributed by atoms with E-state index >= 15 is 0 Å². The molecule has 1 heterocycles. The van der Waals surface area contributed by atoms with E-state index in [1.54, 1.807) is 19.0 Å². The fourth-order valence-electron chi connectivity index (χ4n) is 1.55. The van der Waals surface area contributed by atoms with Crippen LogP contribution in [0.4, 0.5) is 0 Å². The lowest BCUT2D eigenvalue weighted by Gasteiger charge is -2.32. The predicted molar refractivity (Wildman–Crippen MR) is 64.2 cm³/mol. The third-order valence-electron chi connectivity index (χ3n) is 3.39. The van der Waals surface area contributed by atoms with E-state index in [0.717, 1.165) is 0 Å². The van der Waals surface area contributed by atoms with Crippen LogP contribution in [0.3, 0.4) is 0 Å². The molecular weight excluding hydrogens is 205 g/mol. The minimum Gasteiger partial charge on any atom is -0.403 e. The SMILES string of the molecule is CN(C)C(=O)CCB1OC(C)(C)C(C)(C)O1. The first-order valence-corrected chi connectivity index (χ1v) is 5.71. The molecule has 1 aliphatic heterocycles. The molecule has 92 valence electrons. The summed E-state index contributed by atoms with van der Waals surface area (Å²) < 4.78 is 11.6. The maximum atomic E-state index is 11.4. The summed E-state index contributed by atoms with van der Waals surface area (Å²) in [6.07, 6.45) is 1.08. The van der Waals surface area contributed by atoms with Crippen molar-refractivity contribution in [1.82, 2.24) is 4.90 Å². The number of rotatable bonds is 3. The van der Waals surface area contributed by atoms with Crippen LogP contribution in [0.2, 0.25) is 6.32 Å². The van der Waals surface area contributed by atoms with Crippen LogP contribution in [0.1, 0.15) is 34.1 Å². The Hall–Kier alpha value is -0.545. The Bertz CT molecular complexity index is 260. The zero-order valence-electron chi connectivity index (χ0n) is 11.2. The molecule has 4 nitrogen and oxygen atoms in total. The smallest absolute Gasteiger partial charge is 0.403 e. The van der Waals surface area contributed by atoms with Gasteiger partial charge in [-0.15, -0.1) is 0 Å². The summed E-state index contributed by atoms with van der Waals surface area (Å²) in [7, 11) is 3.24. The largest absolute Gasteiger partial charge is 0.458 e. The molecule has 0 aromatic rings. The molecule has 0 radical (unpaired) electrons. The summed E-state index contributed by atoms with van der Waals surface area (Å²) in [6.45, 7) is 8.06. The first kappa shape index (κ1) is 13.5. The molecule has 0 N–H and O–H groups in total. The van der Waals surface area contributed by atoms with E-state index in [0.29, 0.717) is 12.7 Å². The highest BCUT2D eigenvalue weighted by atomic mass is 16.7. The third-order valence-corrected chi connectivity index (χ3v) is 3.39. The van der Waals surface area contributed by atoms with E-state index in [4.69, 9.17) is 9.31 Å². The lowest BCUT2D eigenvalue weighted by atomic mass is 9.83. The van der Waals surface area contributed by atoms with Gasteiger partial charge in [0.05, 0.1) is 11.2 Å². The van der Waals surface area contributed by atoms with Gasteiger partial charge in [-0.25, -0.2) is 0 Å². The fourth-order valence-corrected chi connectivity index (χ4v) is 1.55. The number of amides is 1. The molecular formula is C11H22BNO3. The van der Waals surface area contributed by atoms with E-state index in [2.05, 4.69) is 0 Å². The summed E-state index contributed by atoms with van der Waals surface area (Å²) >= 11 is 0. The number of hydrogen-bond donors (Lipinski definition) is 0. The summed E-state index contributed by atoms with van der Waals surface area (Å²) in [5.74, 6) is 0.106. The highest BCUT2D eigenvalue weighted by Gasteiger charge is 2.50. The Balaban J connectivity index is 2.46. The van der Waals surface area contributed by atoms with Gasteiger partial charge in [0.1, 0.15) is 0 Å². The molecule has 0 spiro atoms. The van der Waals surface area contributed by atoms with Crippen molar-refractivity contribution < 1.29 is 14.1 Å². The first-order chi connectivity index (χ1) is 7.16. The normalized spacial score (nSPS) is 22.2. The van der Waals surface area contributed by atoms with E-state index in [9.17, 15) is 4.79 Å². The molecule has 16 heavy (non-hydrogen) atoms. The second-order valence-corrected chi connectivity index (χ2v) is 5.51. The van der Waals surface area contributed by atoms with Gasteiger partial charge in [-0.1, -0.05) is 0 Å². The second kappa shape index (κ2) is 4.38. The van der Waals surface area contributed by atoms with Crippen molar-refractivity contribution in [3.05, 3.63) is 0 Å². The number of hydrogen-bond acceptors (Lipinski definition) is 3. The number of nitrogens with zero attached hydrogens (tertiary/aromatic N) is 1. The maximum Gasteiger partial charge on any atom is 0.458 e. The molecule has 0 unspecified atom stereocenters. The lowest BCUT2D eigenvalue weighted by Crippen LogP contribution is -2.41. The monoisotopic (exact) mass is 227 g/mol. The van der Waals surface area contributed by atoms with E-state index in [-0.39, 0.29) is 24.2 Å². The van der Waals surface area contributed by atoms with Crippen molar-refractivity contribution >= 4 is 13.0 Å². The molecule has 0 saturated carbocycles. The van der Waals surface area contributed by atoms with E-state index < -0.39 is 0 Å². The fraction of sp³-hybridized carbons (Fsp3) is 0.909. The Morgan fingerprint density at radius 2 is 1.56 bits per heavy atom. The van der Waals surface area contributed by atoms with Crippen LogP contribution in [0, 0.1) is 0 Å². The summed E-state index contributed by atoms with van der Waals surface area (Å²) in [4.78, 5) is 13.0. The van der Waals surface area contributed by atoms with Crippen molar-refractivity contribution in [2.45, 2.75) is 51.6 Å². The van der Waals surface area contributed by atoms with Gasteiger partial charge in [-0.3, -0.25) is 4.79 Å². The topological polar surface area (TPSA) is 38.8 Å². The van der Waals surface area contributed by atoms with Gasteiger partial charge in [0, 0.05) is 20.5 Å². The Morgan fingerprint density at radius 1 is 1.12 bits per heavy atom. The van der Waals surface area contributed by atoms with Crippen molar-refractivity contribution in [1.29, 1.82) is 0 Å². The van der Waals surface area contributed by atoms with Crippen molar-refractivity contribution in [3.8, 4) is 0 Å². The average molecular weight is 227 g/mol. The molecule has 0 aromatic heterocycles. The third kappa shape index (κ3) is 2.77. The van der Waals surface area contributed by atoms with Crippen LogP contribution in [0.5, 0.6) is 0 Å². The molecule has 1 saturated heterocycles. The number of carbonyl (C=O) groups is 1. The summed E-state index contributed by atoms with van der Waals surface area (Å²) in [5.41, 5.74) is -0.613. The Kier molecular flexibility index (Phi) is 3.70. The zero-order valence-corrected chi connectivity index (χ0v) is 11.2. The maximum absolute atomic E-state index is 11.4. The highest BCUT2D eigenvalue weighted by molar-refractivity contribution is 6.45. The predicted octanol–water partition coefficient (Wildman–Crippen LogP) is 1.56. The number of carbonyl (C=O) groups excluding carboxylic acids is 1. The molecule has 1 aliphatic rings. The van der Waals surface area contributed by atoms with Gasteiger partial charge >= 0.3 is 7.12 Å². The molecule has 0 atom stereocenters. The van der Waals surface area contributed by atoms with Crippen molar-refractivity contribution in [2.24, 2.45) is 0 Å². The average Bonchev–Trinajstić information content (AvgIpc) is 2.31. The van der Waals surface area contributed by atoms with E-state index in [1.165, 1.54) is 0 Å². The lowest BCUT2D eigenvalue weighted by molar-refractivity contribution is -0.128. The first-order valence-electron chi connectivity index (χ1n) is 5.71. The molecule has 5 heteroatoms. The zero-order chi connectivity index (χ0) is 12.6. The molecule has 1 rings (SSSR count). The van der Waals surface area contributed by atoms with Crippen molar-refractivity contribution in [3.63, 3.8) is 0 Å². The molecule has 0 bridgehead atoms. The molecule has 0 aromatic carbocycles. The van der Waals surface area contributed by atoms with Crippen LogP contribution in [-0.2, 0) is 14.1 Å². The Labute approximate surface area is 98.4 Å². The molecule has 1 amide bonds. The summed E-state index contributed by atoms with van der Waals surface area (Å²) in [6, 6.07) is 0. The quantitative estimate of drug-likeness (QED) is 0.686. The summed E-state index contributed by atoms with van der Waals surface area (Å²) in [5, 5.41) is 0. The van der Waals surface area contributed by atoms with Crippen LogP contribution >= 0.6 is 0 Å². The van der Waals surface area contributed by atoms with Crippen LogP contribution < -0.4 is 0 Å². The van der Waals surface area contributed by atoms with Gasteiger partial charge in [-0.2, -0.15) is 0 Å². The molecule has 0 aliphatic carbocycles. The van der Waals surface area contributed by atoms with Crippen LogP contribution in [0.25, 0.3) is 0 Å². The van der Waals surface area contributed by atoms with Gasteiger partial charge in [0.15, 0.2) is 0 Å². The van der Waals surface area contributed by atoms with Gasteiger partial charge in [0.2, 0.25) is 5.91 Å². The van der Waals surface area contributed by atoms with E-state index in [1.807, 2.05) is 27.7 Å². The van der Waals surface area contributed by atoms with Gasteiger partial charge in [0.25, 0.3) is 0 Å². The second-order valence-electron chi connectivity index (χ2n) is 5.51. The van der Waals surface area contributed by atoms with Crippen LogP contribution in [0.15, 0.2) is 0 Å².